The van der Waals surface area contributed by atoms with E-state index >= 15 is 0 Å². The van der Waals surface area contributed by atoms with Gasteiger partial charge in [0, 0.05) is 29.5 Å². The van der Waals surface area contributed by atoms with Crippen LogP contribution in [-0.2, 0) is 6.54 Å². The molecule has 0 aliphatic rings. The van der Waals surface area contributed by atoms with Gasteiger partial charge in [0.05, 0.1) is 4.92 Å². The first-order valence-electron chi connectivity index (χ1n) is 5.89. The van der Waals surface area contributed by atoms with E-state index in [-0.39, 0.29) is 10.6 Å². The lowest BCUT2D eigenvalue weighted by Gasteiger charge is -2.07. The number of nitro groups is 1. The molecule has 0 saturated heterocycles. The van der Waals surface area contributed by atoms with Gasteiger partial charge < -0.3 is 11.1 Å². The number of hydrogen-bond donors (Lipinski definition) is 2. The largest absolute Gasteiger partial charge is 0.399 e. The topological polar surface area (TPSA) is 81.2 Å². The van der Waals surface area contributed by atoms with Crippen LogP contribution in [0.1, 0.15) is 11.1 Å². The Morgan fingerprint density at radius 2 is 1.89 bits per heavy atom. The van der Waals surface area contributed by atoms with Gasteiger partial charge in [0.25, 0.3) is 5.69 Å². The first-order chi connectivity index (χ1) is 9.06. The summed E-state index contributed by atoms with van der Waals surface area (Å²) >= 11 is 0. The molecule has 0 spiro atoms. The Kier molecular flexibility index (Phi) is 3.66. The molecule has 0 aromatic heterocycles. The lowest BCUT2D eigenvalue weighted by atomic mass is 10.1. The highest BCUT2D eigenvalue weighted by atomic mass is 16.6. The normalized spacial score (nSPS) is 10.2. The summed E-state index contributed by atoms with van der Waals surface area (Å²) in [5.74, 6) is 0. The molecule has 5 nitrogen and oxygen atoms in total. The number of nitrogen functional groups attached to an aromatic ring is 1. The van der Waals surface area contributed by atoms with Gasteiger partial charge in [-0.15, -0.1) is 0 Å². The molecule has 3 N–H and O–H groups in total. The Hall–Kier alpha value is -2.56. The second kappa shape index (κ2) is 5.39. The van der Waals surface area contributed by atoms with E-state index in [4.69, 9.17) is 5.73 Å². The Morgan fingerprint density at radius 3 is 2.47 bits per heavy atom. The van der Waals surface area contributed by atoms with Gasteiger partial charge in [-0.25, -0.2) is 0 Å². The van der Waals surface area contributed by atoms with Gasteiger partial charge in [0.15, 0.2) is 0 Å². The summed E-state index contributed by atoms with van der Waals surface area (Å²) in [6.07, 6.45) is 0. The molecule has 5 heteroatoms. The van der Waals surface area contributed by atoms with Crippen LogP contribution < -0.4 is 11.1 Å². The Bertz CT molecular complexity index is 594. The molecular formula is C14H15N3O2. The molecule has 0 fully saturated rings. The predicted molar refractivity (Wildman–Crippen MR) is 76.0 cm³/mol. The Balaban J connectivity index is 2.06. The highest BCUT2D eigenvalue weighted by Gasteiger charge is 2.09. The SMILES string of the molecule is Cc1cc(CNc2ccc(N)cc2)ccc1[N+](=O)[O-]. The summed E-state index contributed by atoms with van der Waals surface area (Å²) < 4.78 is 0. The summed E-state index contributed by atoms with van der Waals surface area (Å²) in [4.78, 5) is 10.4. The van der Waals surface area contributed by atoms with Crippen LogP contribution >= 0.6 is 0 Å². The standard InChI is InChI=1S/C14H15N3O2/c1-10-8-11(2-7-14(10)17(18)19)9-16-13-5-3-12(15)4-6-13/h2-8,16H,9,15H2,1H3. The van der Waals surface area contributed by atoms with Crippen molar-refractivity contribution in [2.45, 2.75) is 13.5 Å². The van der Waals surface area contributed by atoms with E-state index in [0.717, 1.165) is 16.9 Å². The molecule has 0 saturated carbocycles. The van der Waals surface area contributed by atoms with Crippen LogP contribution in [-0.4, -0.2) is 4.92 Å². The third-order valence-corrected chi connectivity index (χ3v) is 2.87. The average molecular weight is 257 g/mol. The zero-order valence-corrected chi connectivity index (χ0v) is 10.6. The molecule has 0 atom stereocenters. The molecule has 0 amide bonds. The quantitative estimate of drug-likeness (QED) is 0.501. The molecule has 2 aromatic rings. The fourth-order valence-corrected chi connectivity index (χ4v) is 1.84. The van der Waals surface area contributed by atoms with Crippen LogP contribution in [0, 0.1) is 17.0 Å². The van der Waals surface area contributed by atoms with E-state index in [2.05, 4.69) is 5.32 Å². The van der Waals surface area contributed by atoms with Crippen molar-refractivity contribution < 1.29 is 4.92 Å². The van der Waals surface area contributed by atoms with Crippen LogP contribution in [0.3, 0.4) is 0 Å². The number of rotatable bonds is 4. The number of nitrogens with one attached hydrogen (secondary N) is 1. The van der Waals surface area contributed by atoms with Gasteiger partial charge in [0.2, 0.25) is 0 Å². The van der Waals surface area contributed by atoms with Crippen molar-refractivity contribution in [2.24, 2.45) is 0 Å². The molecule has 0 radical (unpaired) electrons. The first kappa shape index (κ1) is 12.9. The minimum atomic E-state index is -0.369. The zero-order chi connectivity index (χ0) is 13.8. The van der Waals surface area contributed by atoms with Crippen molar-refractivity contribution >= 4 is 17.1 Å². The Labute approximate surface area is 111 Å². The molecular weight excluding hydrogens is 242 g/mol. The monoisotopic (exact) mass is 257 g/mol. The fraction of sp³-hybridized carbons (Fsp3) is 0.143. The van der Waals surface area contributed by atoms with Crippen LogP contribution in [0.25, 0.3) is 0 Å². The maximum absolute atomic E-state index is 10.7. The Morgan fingerprint density at radius 1 is 1.21 bits per heavy atom. The van der Waals surface area contributed by atoms with E-state index in [1.54, 1.807) is 13.0 Å². The number of nitrogens with two attached hydrogens (primary N) is 1. The van der Waals surface area contributed by atoms with Crippen molar-refractivity contribution in [1.82, 2.24) is 0 Å². The summed E-state index contributed by atoms with van der Waals surface area (Å²) in [6, 6.07) is 12.6. The molecule has 2 aromatic carbocycles. The molecule has 2 rings (SSSR count). The number of nitrogens with zero attached hydrogens (tertiary/aromatic N) is 1. The van der Waals surface area contributed by atoms with Crippen LogP contribution in [0.15, 0.2) is 42.5 Å². The second-order valence-electron chi connectivity index (χ2n) is 4.35. The number of aryl methyl sites for hydroxylation is 1. The van der Waals surface area contributed by atoms with Crippen molar-refractivity contribution in [3.63, 3.8) is 0 Å². The maximum Gasteiger partial charge on any atom is 0.272 e. The van der Waals surface area contributed by atoms with Crippen LogP contribution in [0.5, 0.6) is 0 Å². The highest BCUT2D eigenvalue weighted by molar-refractivity contribution is 5.51. The highest BCUT2D eigenvalue weighted by Crippen LogP contribution is 2.19. The van der Waals surface area contributed by atoms with E-state index in [1.807, 2.05) is 30.3 Å². The van der Waals surface area contributed by atoms with E-state index in [0.29, 0.717) is 12.1 Å². The maximum atomic E-state index is 10.7. The van der Waals surface area contributed by atoms with Gasteiger partial charge in [-0.2, -0.15) is 0 Å². The average Bonchev–Trinajstić information content (AvgIpc) is 2.37. The van der Waals surface area contributed by atoms with Crippen molar-refractivity contribution in [3.8, 4) is 0 Å². The third-order valence-electron chi connectivity index (χ3n) is 2.87. The van der Waals surface area contributed by atoms with Crippen molar-refractivity contribution in [3.05, 3.63) is 63.7 Å². The lowest BCUT2D eigenvalue weighted by molar-refractivity contribution is -0.385. The summed E-state index contributed by atoms with van der Waals surface area (Å²) in [5, 5.41) is 14.0. The molecule has 19 heavy (non-hydrogen) atoms. The van der Waals surface area contributed by atoms with E-state index in [9.17, 15) is 10.1 Å². The molecule has 0 aliphatic carbocycles. The van der Waals surface area contributed by atoms with Gasteiger partial charge in [0.1, 0.15) is 0 Å². The minimum Gasteiger partial charge on any atom is -0.399 e. The molecule has 0 heterocycles. The number of anilines is 2. The summed E-state index contributed by atoms with van der Waals surface area (Å²) in [6.45, 7) is 2.35. The number of benzene rings is 2. The van der Waals surface area contributed by atoms with Gasteiger partial charge >= 0.3 is 0 Å². The molecule has 0 unspecified atom stereocenters. The lowest BCUT2D eigenvalue weighted by Crippen LogP contribution is -2.01. The fourth-order valence-electron chi connectivity index (χ4n) is 1.84. The van der Waals surface area contributed by atoms with Gasteiger partial charge in [-0.1, -0.05) is 6.07 Å². The smallest absolute Gasteiger partial charge is 0.272 e. The zero-order valence-electron chi connectivity index (χ0n) is 10.6. The van der Waals surface area contributed by atoms with E-state index in [1.165, 1.54) is 6.07 Å². The molecule has 0 aliphatic heterocycles. The summed E-state index contributed by atoms with van der Waals surface area (Å²) in [7, 11) is 0. The van der Waals surface area contributed by atoms with Crippen molar-refractivity contribution in [1.29, 1.82) is 0 Å². The number of nitro benzene ring substituents is 1. The predicted octanol–water partition coefficient (Wildman–Crippen LogP) is 3.10. The van der Waals surface area contributed by atoms with E-state index < -0.39 is 0 Å². The number of hydrogen-bond acceptors (Lipinski definition) is 4. The first-order valence-corrected chi connectivity index (χ1v) is 5.89. The van der Waals surface area contributed by atoms with Gasteiger partial charge in [-0.05, 0) is 42.8 Å². The molecule has 98 valence electrons. The second-order valence-corrected chi connectivity index (χ2v) is 4.35. The van der Waals surface area contributed by atoms with Crippen LogP contribution in [0.2, 0.25) is 0 Å². The van der Waals surface area contributed by atoms with Crippen LogP contribution in [0.4, 0.5) is 17.1 Å². The van der Waals surface area contributed by atoms with Crippen molar-refractivity contribution in [2.75, 3.05) is 11.1 Å². The van der Waals surface area contributed by atoms with Gasteiger partial charge in [-0.3, -0.25) is 10.1 Å². The minimum absolute atomic E-state index is 0.149. The third kappa shape index (κ3) is 3.22. The summed E-state index contributed by atoms with van der Waals surface area (Å²) in [5.41, 5.74) is 9.11. The molecule has 0 bridgehead atoms.